The molecule has 1 amide bonds. The lowest BCUT2D eigenvalue weighted by Crippen LogP contribution is -2.46. The van der Waals surface area contributed by atoms with E-state index in [4.69, 9.17) is 9.52 Å². The molecule has 2 aromatic rings. The molecular formula is C13H15N3O5. The zero-order valence-corrected chi connectivity index (χ0v) is 11.3. The van der Waals surface area contributed by atoms with Crippen molar-refractivity contribution in [2.24, 2.45) is 0 Å². The lowest BCUT2D eigenvalue weighted by atomic mass is 10.1. The van der Waals surface area contributed by atoms with Crippen LogP contribution in [0.4, 0.5) is 0 Å². The van der Waals surface area contributed by atoms with Gasteiger partial charge in [-0.1, -0.05) is 0 Å². The molecule has 0 aromatic carbocycles. The number of carbonyl (C=O) groups excluding carboxylic acids is 1. The van der Waals surface area contributed by atoms with Crippen molar-refractivity contribution in [2.45, 2.75) is 19.1 Å². The van der Waals surface area contributed by atoms with Crippen LogP contribution in [0.1, 0.15) is 23.2 Å². The Morgan fingerprint density at radius 1 is 1.48 bits per heavy atom. The summed E-state index contributed by atoms with van der Waals surface area (Å²) in [6.07, 6.45) is 3.39. The smallest absolute Gasteiger partial charge is 0.337 e. The fourth-order valence-corrected chi connectivity index (χ4v) is 1.55. The number of furan rings is 1. The Kier molecular flexibility index (Phi) is 4.08. The van der Waals surface area contributed by atoms with Gasteiger partial charge in [0.05, 0.1) is 13.1 Å². The summed E-state index contributed by atoms with van der Waals surface area (Å²) >= 11 is 0. The quantitative estimate of drug-likeness (QED) is 0.694. The lowest BCUT2D eigenvalue weighted by molar-refractivity contribution is -0.155. The lowest BCUT2D eigenvalue weighted by Gasteiger charge is -2.17. The molecule has 0 radical (unpaired) electrons. The number of hydrogen-bond donors (Lipinski definition) is 3. The van der Waals surface area contributed by atoms with Crippen molar-refractivity contribution in [3.8, 4) is 0 Å². The van der Waals surface area contributed by atoms with Gasteiger partial charge in [-0.3, -0.25) is 9.48 Å². The van der Waals surface area contributed by atoms with Crippen LogP contribution >= 0.6 is 0 Å². The number of nitrogens with zero attached hydrogens (tertiary/aromatic N) is 2. The molecule has 0 aliphatic heterocycles. The van der Waals surface area contributed by atoms with Gasteiger partial charge < -0.3 is 19.9 Å². The first kappa shape index (κ1) is 14.8. The zero-order chi connectivity index (χ0) is 15.5. The average Bonchev–Trinajstić information content (AvgIpc) is 3.08. The molecular weight excluding hydrogens is 278 g/mol. The van der Waals surface area contributed by atoms with Crippen molar-refractivity contribution >= 4 is 11.9 Å². The second-order valence-corrected chi connectivity index (χ2v) is 4.73. The van der Waals surface area contributed by atoms with Crippen molar-refractivity contribution in [1.29, 1.82) is 0 Å². The van der Waals surface area contributed by atoms with Crippen molar-refractivity contribution in [2.75, 3.05) is 6.54 Å². The summed E-state index contributed by atoms with van der Waals surface area (Å²) in [5.41, 5.74) is -2.03. The maximum absolute atomic E-state index is 11.8. The molecule has 2 aromatic heterocycles. The number of rotatable bonds is 6. The van der Waals surface area contributed by atoms with Gasteiger partial charge >= 0.3 is 5.97 Å². The van der Waals surface area contributed by atoms with Crippen LogP contribution in [0.2, 0.25) is 0 Å². The topological polar surface area (TPSA) is 118 Å². The van der Waals surface area contributed by atoms with Crippen LogP contribution in [0, 0.1) is 0 Å². The summed E-state index contributed by atoms with van der Waals surface area (Å²) in [6.45, 7) is 1.06. The molecule has 3 N–H and O–H groups in total. The number of nitrogens with one attached hydrogen (secondary N) is 1. The van der Waals surface area contributed by atoms with E-state index >= 15 is 0 Å². The third kappa shape index (κ3) is 3.69. The van der Waals surface area contributed by atoms with Crippen molar-refractivity contribution in [1.82, 2.24) is 15.1 Å². The third-order valence-corrected chi connectivity index (χ3v) is 2.82. The molecule has 2 heterocycles. The van der Waals surface area contributed by atoms with E-state index in [-0.39, 0.29) is 5.76 Å². The van der Waals surface area contributed by atoms with Gasteiger partial charge in [0.25, 0.3) is 5.91 Å². The summed E-state index contributed by atoms with van der Waals surface area (Å²) in [4.78, 5) is 22.5. The van der Waals surface area contributed by atoms with Crippen LogP contribution in [0.15, 0.2) is 35.0 Å². The van der Waals surface area contributed by atoms with Crippen LogP contribution in [-0.4, -0.2) is 44.0 Å². The van der Waals surface area contributed by atoms with Gasteiger partial charge in [0.15, 0.2) is 11.4 Å². The van der Waals surface area contributed by atoms with Crippen LogP contribution in [0.25, 0.3) is 0 Å². The Labute approximate surface area is 120 Å². The van der Waals surface area contributed by atoms with Crippen molar-refractivity contribution in [3.63, 3.8) is 0 Å². The number of carbonyl (C=O) groups is 2. The van der Waals surface area contributed by atoms with Gasteiger partial charge in [-0.25, -0.2) is 4.79 Å². The van der Waals surface area contributed by atoms with Gasteiger partial charge in [-0.15, -0.1) is 0 Å². The Balaban J connectivity index is 1.94. The number of aromatic nitrogens is 2. The highest BCUT2D eigenvalue weighted by Gasteiger charge is 2.30. The molecule has 0 bridgehead atoms. The van der Waals surface area contributed by atoms with Gasteiger partial charge in [0.2, 0.25) is 0 Å². The van der Waals surface area contributed by atoms with Gasteiger partial charge in [-0.05, 0) is 25.1 Å². The third-order valence-electron chi connectivity index (χ3n) is 2.82. The first-order chi connectivity index (χ1) is 9.88. The summed E-state index contributed by atoms with van der Waals surface area (Å²) in [7, 11) is 0. The SMILES string of the molecule is CC(O)(CNC(=O)c1ccc(Cn2cccn2)o1)C(=O)O. The number of aliphatic hydroxyl groups is 1. The summed E-state index contributed by atoms with van der Waals surface area (Å²) in [6, 6.07) is 4.88. The van der Waals surface area contributed by atoms with E-state index in [0.717, 1.165) is 6.92 Å². The molecule has 8 heteroatoms. The minimum absolute atomic E-state index is 0.0401. The van der Waals surface area contributed by atoms with E-state index in [2.05, 4.69) is 10.4 Å². The molecule has 0 saturated heterocycles. The number of carboxylic acids is 1. The van der Waals surface area contributed by atoms with Crippen LogP contribution in [0.5, 0.6) is 0 Å². The second-order valence-electron chi connectivity index (χ2n) is 4.73. The van der Waals surface area contributed by atoms with Crippen LogP contribution in [0.3, 0.4) is 0 Å². The Morgan fingerprint density at radius 3 is 2.86 bits per heavy atom. The maximum Gasteiger partial charge on any atom is 0.337 e. The zero-order valence-electron chi connectivity index (χ0n) is 11.3. The van der Waals surface area contributed by atoms with Crippen molar-refractivity contribution in [3.05, 3.63) is 42.1 Å². The number of carboxylic acid groups (broad SMARTS) is 1. The summed E-state index contributed by atoms with van der Waals surface area (Å²) in [5, 5.41) is 24.6. The van der Waals surface area contributed by atoms with Crippen LogP contribution < -0.4 is 5.32 Å². The molecule has 1 atom stereocenters. The molecule has 2 rings (SSSR count). The van der Waals surface area contributed by atoms with E-state index in [1.54, 1.807) is 29.2 Å². The molecule has 0 fully saturated rings. The molecule has 1 unspecified atom stereocenters. The number of hydrogen-bond acceptors (Lipinski definition) is 5. The Hall–Kier alpha value is -2.61. The predicted molar refractivity (Wildman–Crippen MR) is 70.6 cm³/mol. The minimum Gasteiger partial charge on any atom is -0.479 e. The molecule has 0 saturated carbocycles. The number of amides is 1. The normalized spacial score (nSPS) is 13.6. The molecule has 0 aliphatic rings. The largest absolute Gasteiger partial charge is 0.479 e. The number of aliphatic carboxylic acids is 1. The van der Waals surface area contributed by atoms with E-state index in [1.165, 1.54) is 6.07 Å². The van der Waals surface area contributed by atoms with E-state index in [1.807, 2.05) is 0 Å². The first-order valence-corrected chi connectivity index (χ1v) is 6.18. The highest BCUT2D eigenvalue weighted by Crippen LogP contribution is 2.10. The van der Waals surface area contributed by atoms with Crippen LogP contribution in [-0.2, 0) is 11.3 Å². The molecule has 0 aliphatic carbocycles. The molecule has 112 valence electrons. The second kappa shape index (κ2) is 5.80. The Bertz CT molecular complexity index is 630. The maximum atomic E-state index is 11.8. The van der Waals surface area contributed by atoms with E-state index < -0.39 is 24.0 Å². The average molecular weight is 293 g/mol. The van der Waals surface area contributed by atoms with Gasteiger partial charge in [0, 0.05) is 12.4 Å². The van der Waals surface area contributed by atoms with Crippen molar-refractivity contribution < 1.29 is 24.2 Å². The monoisotopic (exact) mass is 293 g/mol. The Morgan fingerprint density at radius 2 is 2.24 bits per heavy atom. The van der Waals surface area contributed by atoms with E-state index in [9.17, 15) is 14.7 Å². The first-order valence-electron chi connectivity index (χ1n) is 6.18. The fraction of sp³-hybridized carbons (Fsp3) is 0.308. The molecule has 21 heavy (non-hydrogen) atoms. The fourth-order valence-electron chi connectivity index (χ4n) is 1.55. The highest BCUT2D eigenvalue weighted by molar-refractivity contribution is 5.92. The van der Waals surface area contributed by atoms with E-state index in [0.29, 0.717) is 12.3 Å². The predicted octanol–water partition coefficient (Wildman–Crippen LogP) is 0.0898. The standard InChI is InChI=1S/C13H15N3O5/c1-13(20,12(18)19)8-14-11(17)10-4-3-9(21-10)7-16-6-2-5-15-16/h2-6,20H,7-8H2,1H3,(H,14,17)(H,18,19). The minimum atomic E-state index is -2.03. The van der Waals surface area contributed by atoms with Gasteiger partial charge in [-0.2, -0.15) is 5.10 Å². The highest BCUT2D eigenvalue weighted by atomic mass is 16.4. The summed E-state index contributed by atoms with van der Waals surface area (Å²) < 4.78 is 6.98. The van der Waals surface area contributed by atoms with Gasteiger partial charge in [0.1, 0.15) is 5.76 Å². The summed E-state index contributed by atoms with van der Waals surface area (Å²) in [5.74, 6) is -1.43. The molecule has 8 nitrogen and oxygen atoms in total. The molecule has 0 spiro atoms.